The van der Waals surface area contributed by atoms with Gasteiger partial charge in [-0.25, -0.2) is 0 Å². The number of hydrogen-bond donors (Lipinski definition) is 1. The van der Waals surface area contributed by atoms with Crippen molar-refractivity contribution >= 4 is 11.7 Å². The molecule has 0 saturated carbocycles. The van der Waals surface area contributed by atoms with Crippen LogP contribution in [-0.4, -0.2) is 36.1 Å². The second-order valence-electron chi connectivity index (χ2n) is 5.70. The van der Waals surface area contributed by atoms with Crippen LogP contribution in [0.4, 0.5) is 5.82 Å². The summed E-state index contributed by atoms with van der Waals surface area (Å²) in [6, 6.07) is 8.29. The van der Waals surface area contributed by atoms with Crippen LogP contribution in [0.3, 0.4) is 0 Å². The molecule has 1 amide bonds. The van der Waals surface area contributed by atoms with Crippen LogP contribution in [0, 0.1) is 17.0 Å². The molecule has 0 fully saturated rings. The number of nitrogens with one attached hydrogen (secondary N) is 1. The Hall–Kier alpha value is -3.36. The lowest BCUT2D eigenvalue weighted by Crippen LogP contribution is -2.36. The summed E-state index contributed by atoms with van der Waals surface area (Å²) in [5.41, 5.74) is 1.29. The Morgan fingerprint density at radius 3 is 2.48 bits per heavy atom. The van der Waals surface area contributed by atoms with Crippen LogP contribution in [0.15, 0.2) is 30.3 Å². The molecule has 0 radical (unpaired) electrons. The van der Waals surface area contributed by atoms with Gasteiger partial charge >= 0.3 is 5.82 Å². The van der Waals surface area contributed by atoms with Crippen molar-refractivity contribution in [1.82, 2.24) is 10.3 Å². The molecule has 0 aliphatic rings. The molecular weight excluding hydrogens is 354 g/mol. The molecule has 27 heavy (non-hydrogen) atoms. The van der Waals surface area contributed by atoms with Gasteiger partial charge in [0.05, 0.1) is 14.2 Å². The highest BCUT2D eigenvalue weighted by Gasteiger charge is 2.22. The molecule has 0 spiro atoms. The Balaban J connectivity index is 2.01. The molecule has 2 rings (SSSR count). The van der Waals surface area contributed by atoms with Gasteiger partial charge in [0.25, 0.3) is 5.91 Å². The molecule has 1 heterocycles. The number of benzene rings is 1. The Morgan fingerprint density at radius 2 is 1.85 bits per heavy atom. The van der Waals surface area contributed by atoms with E-state index in [4.69, 9.17) is 14.2 Å². The second kappa shape index (κ2) is 8.84. The molecule has 0 bridgehead atoms. The van der Waals surface area contributed by atoms with Crippen molar-refractivity contribution < 1.29 is 23.9 Å². The fourth-order valence-electron chi connectivity index (χ4n) is 2.32. The van der Waals surface area contributed by atoms with Crippen LogP contribution in [0.5, 0.6) is 17.2 Å². The van der Waals surface area contributed by atoms with E-state index in [2.05, 4.69) is 10.3 Å². The monoisotopic (exact) mass is 375 g/mol. The predicted octanol–water partition coefficient (Wildman–Crippen LogP) is 2.40. The van der Waals surface area contributed by atoms with E-state index in [1.54, 1.807) is 31.2 Å². The minimum absolute atomic E-state index is 0.0561. The molecular formula is C18H21N3O6. The molecule has 1 atom stereocenters. The first-order valence-corrected chi connectivity index (χ1v) is 8.13. The summed E-state index contributed by atoms with van der Waals surface area (Å²) in [4.78, 5) is 26.5. The largest absolute Gasteiger partial charge is 0.493 e. The number of nitro groups is 1. The van der Waals surface area contributed by atoms with Crippen molar-refractivity contribution in [3.8, 4) is 17.2 Å². The Kier molecular flexibility index (Phi) is 6.53. The number of aryl methyl sites for hydroxylation is 1. The second-order valence-corrected chi connectivity index (χ2v) is 5.70. The van der Waals surface area contributed by atoms with Crippen LogP contribution in [0.25, 0.3) is 0 Å². The summed E-state index contributed by atoms with van der Waals surface area (Å²) in [5.74, 6) is 0.243. The van der Waals surface area contributed by atoms with Crippen LogP contribution in [0.1, 0.15) is 18.2 Å². The normalized spacial score (nSPS) is 11.4. The van der Waals surface area contributed by atoms with Crippen molar-refractivity contribution in [2.45, 2.75) is 26.5 Å². The Bertz CT molecular complexity index is 840. The molecule has 0 saturated heterocycles. The number of rotatable bonds is 8. The smallest absolute Gasteiger partial charge is 0.406 e. The zero-order valence-electron chi connectivity index (χ0n) is 15.5. The molecule has 9 heteroatoms. The number of aromatic nitrogens is 1. The Labute approximate surface area is 156 Å². The van der Waals surface area contributed by atoms with E-state index in [9.17, 15) is 14.9 Å². The fraction of sp³-hybridized carbons (Fsp3) is 0.333. The maximum absolute atomic E-state index is 12.3. The quantitative estimate of drug-likeness (QED) is 0.557. The van der Waals surface area contributed by atoms with Crippen LogP contribution in [-0.2, 0) is 11.3 Å². The van der Waals surface area contributed by atoms with Crippen molar-refractivity contribution in [2.24, 2.45) is 0 Å². The molecule has 0 aliphatic carbocycles. The standard InChI is InChI=1S/C18H21N3O6/c1-11-5-7-15(17(20-11)21(23)24)27-12(2)18(22)19-10-13-6-8-14(25-3)16(9-13)26-4/h5-9,12H,10H2,1-4H3,(H,19,22)/t12-/m0/s1. The Morgan fingerprint density at radius 1 is 1.19 bits per heavy atom. The topological polar surface area (TPSA) is 113 Å². The van der Waals surface area contributed by atoms with Crippen molar-refractivity contribution in [3.63, 3.8) is 0 Å². The van der Waals surface area contributed by atoms with E-state index in [1.165, 1.54) is 27.2 Å². The number of nitrogens with zero attached hydrogens (tertiary/aromatic N) is 2. The van der Waals surface area contributed by atoms with E-state index in [0.29, 0.717) is 17.2 Å². The van der Waals surface area contributed by atoms with E-state index >= 15 is 0 Å². The number of ether oxygens (including phenoxy) is 3. The summed E-state index contributed by atoms with van der Waals surface area (Å²) in [7, 11) is 3.07. The van der Waals surface area contributed by atoms with E-state index in [0.717, 1.165) is 5.56 Å². The zero-order valence-corrected chi connectivity index (χ0v) is 15.5. The highest BCUT2D eigenvalue weighted by Crippen LogP contribution is 2.28. The molecule has 144 valence electrons. The summed E-state index contributed by atoms with van der Waals surface area (Å²) in [6.45, 7) is 3.38. The fourth-order valence-corrected chi connectivity index (χ4v) is 2.32. The van der Waals surface area contributed by atoms with Gasteiger partial charge in [-0.3, -0.25) is 4.79 Å². The SMILES string of the molecule is COc1ccc(CNC(=O)[C@H](C)Oc2ccc(C)nc2[N+](=O)[O-])cc1OC. The predicted molar refractivity (Wildman–Crippen MR) is 97.1 cm³/mol. The minimum Gasteiger partial charge on any atom is -0.493 e. The van der Waals surface area contributed by atoms with E-state index < -0.39 is 22.8 Å². The molecule has 0 aliphatic heterocycles. The van der Waals surface area contributed by atoms with Crippen LogP contribution >= 0.6 is 0 Å². The number of hydrogen-bond acceptors (Lipinski definition) is 7. The van der Waals surface area contributed by atoms with Gasteiger partial charge in [0, 0.05) is 13.5 Å². The van der Waals surface area contributed by atoms with Gasteiger partial charge in [-0.1, -0.05) is 6.07 Å². The van der Waals surface area contributed by atoms with Gasteiger partial charge in [-0.15, -0.1) is 0 Å². The number of pyridine rings is 1. The van der Waals surface area contributed by atoms with Gasteiger partial charge in [0.15, 0.2) is 17.6 Å². The zero-order chi connectivity index (χ0) is 20.0. The maximum Gasteiger partial charge on any atom is 0.406 e. The number of carbonyl (C=O) groups excluding carboxylic acids is 1. The lowest BCUT2D eigenvalue weighted by molar-refractivity contribution is -0.390. The van der Waals surface area contributed by atoms with Gasteiger partial charge in [0.2, 0.25) is 5.75 Å². The summed E-state index contributed by atoms with van der Waals surface area (Å²) < 4.78 is 15.8. The van der Waals surface area contributed by atoms with Gasteiger partial charge < -0.3 is 29.6 Å². The third-order valence-corrected chi connectivity index (χ3v) is 3.74. The molecule has 1 aromatic heterocycles. The van der Waals surface area contributed by atoms with Crippen molar-refractivity contribution in [3.05, 3.63) is 51.7 Å². The minimum atomic E-state index is -0.937. The van der Waals surface area contributed by atoms with E-state index in [-0.39, 0.29) is 12.3 Å². The van der Waals surface area contributed by atoms with Gasteiger partial charge in [-0.2, -0.15) is 0 Å². The number of amides is 1. The van der Waals surface area contributed by atoms with Gasteiger partial charge in [0.1, 0.15) is 5.69 Å². The van der Waals surface area contributed by atoms with Crippen molar-refractivity contribution in [1.29, 1.82) is 0 Å². The highest BCUT2D eigenvalue weighted by molar-refractivity contribution is 5.80. The summed E-state index contributed by atoms with van der Waals surface area (Å²) in [5, 5.41) is 13.8. The first-order chi connectivity index (χ1) is 12.8. The van der Waals surface area contributed by atoms with Crippen LogP contribution < -0.4 is 19.5 Å². The molecule has 0 unspecified atom stereocenters. The molecule has 9 nitrogen and oxygen atoms in total. The number of carbonyl (C=O) groups is 1. The molecule has 1 aromatic carbocycles. The first kappa shape index (κ1) is 20.0. The average Bonchev–Trinajstić information content (AvgIpc) is 2.66. The molecule has 1 N–H and O–H groups in total. The lowest BCUT2D eigenvalue weighted by Gasteiger charge is -2.15. The van der Waals surface area contributed by atoms with Crippen LogP contribution in [0.2, 0.25) is 0 Å². The van der Waals surface area contributed by atoms with Gasteiger partial charge in [-0.05, 0) is 46.7 Å². The third kappa shape index (κ3) is 5.06. The number of methoxy groups -OCH3 is 2. The highest BCUT2D eigenvalue weighted by atomic mass is 16.6. The van der Waals surface area contributed by atoms with Crippen molar-refractivity contribution in [2.75, 3.05) is 14.2 Å². The first-order valence-electron chi connectivity index (χ1n) is 8.13. The summed E-state index contributed by atoms with van der Waals surface area (Å²) in [6.07, 6.45) is -0.937. The van der Waals surface area contributed by atoms with E-state index in [1.807, 2.05) is 0 Å². The average molecular weight is 375 g/mol. The maximum atomic E-state index is 12.3. The summed E-state index contributed by atoms with van der Waals surface area (Å²) >= 11 is 0. The third-order valence-electron chi connectivity index (χ3n) is 3.74. The lowest BCUT2D eigenvalue weighted by atomic mass is 10.2. The molecule has 2 aromatic rings.